The van der Waals surface area contributed by atoms with Gasteiger partial charge < -0.3 is 9.84 Å². The Kier molecular flexibility index (Phi) is 3.55. The number of nitriles is 1. The molecular weight excluding hydrogens is 178 g/mol. The molecule has 3 nitrogen and oxygen atoms in total. The van der Waals surface area contributed by atoms with Gasteiger partial charge in [-0.2, -0.15) is 5.26 Å². The predicted molar refractivity (Wildman–Crippen MR) is 51.3 cm³/mol. The van der Waals surface area contributed by atoms with Gasteiger partial charge in [-0.05, 0) is 17.7 Å². The van der Waals surface area contributed by atoms with E-state index in [9.17, 15) is 5.11 Å². The van der Waals surface area contributed by atoms with Crippen LogP contribution in [0, 0.1) is 23.7 Å². The molecule has 0 aliphatic heterocycles. The minimum Gasteiger partial charge on any atom is -0.481 e. The van der Waals surface area contributed by atoms with Crippen molar-refractivity contribution in [2.45, 2.75) is 6.10 Å². The Morgan fingerprint density at radius 3 is 3.00 bits per heavy atom. The van der Waals surface area contributed by atoms with Gasteiger partial charge in [-0.25, -0.2) is 0 Å². The fourth-order valence-corrected chi connectivity index (χ4v) is 0.974. The van der Waals surface area contributed by atoms with Crippen molar-refractivity contribution < 1.29 is 9.84 Å². The van der Waals surface area contributed by atoms with Crippen LogP contribution in [0.5, 0.6) is 5.75 Å². The molecule has 1 aromatic carbocycles. The molecule has 0 fully saturated rings. The molecule has 0 aromatic heterocycles. The van der Waals surface area contributed by atoms with E-state index in [0.29, 0.717) is 11.3 Å². The molecule has 0 amide bonds. The lowest BCUT2D eigenvalue weighted by Gasteiger charge is -2.05. The fraction of sp³-hybridized carbons (Fsp3) is 0.182. The molecule has 70 valence electrons. The zero-order valence-electron chi connectivity index (χ0n) is 7.47. The first-order valence-electron chi connectivity index (χ1n) is 4.02. The molecule has 1 aromatic rings. The van der Waals surface area contributed by atoms with Crippen LogP contribution >= 0.6 is 0 Å². The van der Waals surface area contributed by atoms with Gasteiger partial charge in [0.15, 0.2) is 6.10 Å². The smallest absolute Gasteiger partial charge is 0.166 e. The van der Waals surface area contributed by atoms with Crippen LogP contribution in [0.2, 0.25) is 0 Å². The summed E-state index contributed by atoms with van der Waals surface area (Å²) in [5.41, 5.74) is 0.502. The first kappa shape index (κ1) is 10.1. The summed E-state index contributed by atoms with van der Waals surface area (Å²) in [6.07, 6.45) is 3.90. The van der Waals surface area contributed by atoms with Gasteiger partial charge in [-0.15, -0.1) is 6.42 Å². The van der Waals surface area contributed by atoms with Crippen molar-refractivity contribution >= 4 is 0 Å². The summed E-state index contributed by atoms with van der Waals surface area (Å²) in [6.45, 7) is 0.173. The molecule has 3 heteroatoms. The van der Waals surface area contributed by atoms with Crippen LogP contribution < -0.4 is 4.74 Å². The number of aliphatic hydroxyl groups is 1. The van der Waals surface area contributed by atoms with Crippen molar-refractivity contribution in [3.63, 3.8) is 0 Å². The minimum absolute atomic E-state index is 0.173. The van der Waals surface area contributed by atoms with Crippen molar-refractivity contribution in [3.8, 4) is 24.2 Å². The predicted octanol–water partition coefficient (Wildman–Crippen LogP) is 1.26. The number of terminal acetylenes is 1. The maximum Gasteiger partial charge on any atom is 0.166 e. The maximum absolute atomic E-state index is 9.22. The zero-order valence-corrected chi connectivity index (χ0v) is 7.47. The molecule has 1 unspecified atom stereocenters. The van der Waals surface area contributed by atoms with Crippen molar-refractivity contribution in [1.82, 2.24) is 0 Å². The van der Waals surface area contributed by atoms with E-state index in [4.69, 9.17) is 16.4 Å². The second-order valence-electron chi connectivity index (χ2n) is 2.60. The number of hydrogen-bond acceptors (Lipinski definition) is 3. The third-order valence-corrected chi connectivity index (χ3v) is 1.62. The van der Waals surface area contributed by atoms with Crippen LogP contribution in [0.3, 0.4) is 0 Å². The molecular formula is C11H9NO2. The lowest BCUT2D eigenvalue weighted by atomic mass is 10.1. The van der Waals surface area contributed by atoms with Gasteiger partial charge in [0.25, 0.3) is 0 Å². The van der Waals surface area contributed by atoms with E-state index in [1.54, 1.807) is 30.3 Å². The average Bonchev–Trinajstić information content (AvgIpc) is 2.25. The zero-order chi connectivity index (χ0) is 10.4. The molecule has 0 aliphatic carbocycles. The Hall–Kier alpha value is -1.97. The summed E-state index contributed by atoms with van der Waals surface area (Å²) in [5.74, 6) is 2.88. The molecule has 1 rings (SSSR count). The largest absolute Gasteiger partial charge is 0.481 e. The van der Waals surface area contributed by atoms with E-state index in [1.165, 1.54) is 0 Å². The van der Waals surface area contributed by atoms with Crippen LogP contribution in [0.4, 0.5) is 0 Å². The quantitative estimate of drug-likeness (QED) is 0.572. The van der Waals surface area contributed by atoms with Gasteiger partial charge >= 0.3 is 0 Å². The molecule has 0 saturated carbocycles. The Balaban J connectivity index is 2.81. The first-order valence-corrected chi connectivity index (χ1v) is 4.02. The van der Waals surface area contributed by atoms with E-state index in [2.05, 4.69) is 5.92 Å². The highest BCUT2D eigenvalue weighted by Crippen LogP contribution is 2.18. The Morgan fingerprint density at radius 1 is 1.57 bits per heavy atom. The fourth-order valence-electron chi connectivity index (χ4n) is 0.974. The topological polar surface area (TPSA) is 53.2 Å². The standard InChI is InChI=1S/C11H9NO2/c1-2-6-14-10-5-3-4-9(7-10)11(13)8-12/h1,3-5,7,11,13H,6H2. The summed E-state index contributed by atoms with van der Waals surface area (Å²) >= 11 is 0. The van der Waals surface area contributed by atoms with Crippen LogP contribution in [-0.2, 0) is 0 Å². The number of nitrogens with zero attached hydrogens (tertiary/aromatic N) is 1. The second kappa shape index (κ2) is 4.91. The summed E-state index contributed by atoms with van der Waals surface area (Å²) in [7, 11) is 0. The van der Waals surface area contributed by atoms with E-state index >= 15 is 0 Å². The number of rotatable bonds is 3. The molecule has 0 aliphatic rings. The van der Waals surface area contributed by atoms with Crippen LogP contribution in [0.25, 0.3) is 0 Å². The third kappa shape index (κ3) is 2.52. The molecule has 0 heterocycles. The van der Waals surface area contributed by atoms with E-state index < -0.39 is 6.10 Å². The lowest BCUT2D eigenvalue weighted by molar-refractivity contribution is 0.235. The second-order valence-corrected chi connectivity index (χ2v) is 2.60. The molecule has 0 saturated heterocycles. The maximum atomic E-state index is 9.22. The van der Waals surface area contributed by atoms with Crippen LogP contribution in [-0.4, -0.2) is 11.7 Å². The summed E-state index contributed by atoms with van der Waals surface area (Å²) in [4.78, 5) is 0. The number of ether oxygens (including phenoxy) is 1. The van der Waals surface area contributed by atoms with E-state index in [-0.39, 0.29) is 6.61 Å². The summed E-state index contributed by atoms with van der Waals surface area (Å²) in [5, 5.41) is 17.7. The van der Waals surface area contributed by atoms with Crippen LogP contribution in [0.1, 0.15) is 11.7 Å². The van der Waals surface area contributed by atoms with Gasteiger partial charge in [-0.3, -0.25) is 0 Å². The Bertz CT molecular complexity index is 387. The van der Waals surface area contributed by atoms with Gasteiger partial charge in [0.05, 0.1) is 6.07 Å². The lowest BCUT2D eigenvalue weighted by Crippen LogP contribution is -1.97. The number of aliphatic hydroxyl groups excluding tert-OH is 1. The highest BCUT2D eigenvalue weighted by atomic mass is 16.5. The third-order valence-electron chi connectivity index (χ3n) is 1.62. The first-order chi connectivity index (χ1) is 6.77. The van der Waals surface area contributed by atoms with Crippen molar-refractivity contribution in [3.05, 3.63) is 29.8 Å². The molecule has 1 atom stereocenters. The van der Waals surface area contributed by atoms with Gasteiger partial charge in [0.2, 0.25) is 0 Å². The van der Waals surface area contributed by atoms with Gasteiger partial charge in [0.1, 0.15) is 12.4 Å². The molecule has 0 spiro atoms. The normalized spacial score (nSPS) is 11.1. The molecule has 0 radical (unpaired) electrons. The van der Waals surface area contributed by atoms with Crippen molar-refractivity contribution in [2.75, 3.05) is 6.61 Å². The highest BCUT2D eigenvalue weighted by Gasteiger charge is 2.05. The molecule has 0 bridgehead atoms. The van der Waals surface area contributed by atoms with Crippen molar-refractivity contribution in [1.29, 1.82) is 5.26 Å². The monoisotopic (exact) mass is 187 g/mol. The number of hydrogen-bond donors (Lipinski definition) is 1. The van der Waals surface area contributed by atoms with E-state index in [1.807, 2.05) is 0 Å². The SMILES string of the molecule is C#CCOc1cccc(C(O)C#N)c1. The minimum atomic E-state index is -1.12. The molecule has 14 heavy (non-hydrogen) atoms. The highest BCUT2D eigenvalue weighted by molar-refractivity contribution is 5.32. The van der Waals surface area contributed by atoms with Crippen molar-refractivity contribution in [2.24, 2.45) is 0 Å². The van der Waals surface area contributed by atoms with Gasteiger partial charge in [-0.1, -0.05) is 18.1 Å². The van der Waals surface area contributed by atoms with E-state index in [0.717, 1.165) is 0 Å². The Labute approximate surface area is 82.6 Å². The summed E-state index contributed by atoms with van der Waals surface area (Å²) in [6, 6.07) is 8.37. The van der Waals surface area contributed by atoms with Gasteiger partial charge in [0, 0.05) is 0 Å². The van der Waals surface area contributed by atoms with Crippen LogP contribution in [0.15, 0.2) is 24.3 Å². The number of benzene rings is 1. The Morgan fingerprint density at radius 2 is 2.36 bits per heavy atom. The molecule has 1 N–H and O–H groups in total. The average molecular weight is 187 g/mol. The summed E-state index contributed by atoms with van der Waals surface area (Å²) < 4.78 is 5.13.